The van der Waals surface area contributed by atoms with E-state index in [0.717, 1.165) is 10.0 Å². The van der Waals surface area contributed by atoms with E-state index in [9.17, 15) is 10.1 Å². The average Bonchev–Trinajstić information content (AvgIpc) is 2.46. The van der Waals surface area contributed by atoms with E-state index in [0.29, 0.717) is 24.4 Å². The fourth-order valence-electron chi connectivity index (χ4n) is 3.31. The molecule has 2 unspecified atom stereocenters. The first kappa shape index (κ1) is 16.4. The predicted octanol–water partition coefficient (Wildman–Crippen LogP) is 4.66. The van der Waals surface area contributed by atoms with Crippen molar-refractivity contribution in [1.29, 1.82) is 0 Å². The molecule has 0 radical (unpaired) electrons. The van der Waals surface area contributed by atoms with Crippen LogP contribution in [0.2, 0.25) is 0 Å². The van der Waals surface area contributed by atoms with Gasteiger partial charge >= 0.3 is 0 Å². The van der Waals surface area contributed by atoms with Crippen molar-refractivity contribution >= 4 is 21.6 Å². The molecule has 4 nitrogen and oxygen atoms in total. The molecule has 116 valence electrons. The number of rotatable bonds is 5. The highest BCUT2D eigenvalue weighted by atomic mass is 79.9. The van der Waals surface area contributed by atoms with Crippen LogP contribution in [0.15, 0.2) is 22.7 Å². The van der Waals surface area contributed by atoms with Gasteiger partial charge in [-0.3, -0.25) is 10.1 Å². The van der Waals surface area contributed by atoms with Gasteiger partial charge in [-0.05, 0) is 36.8 Å². The van der Waals surface area contributed by atoms with Crippen molar-refractivity contribution in [2.24, 2.45) is 11.8 Å². The maximum atomic E-state index is 11.2. The standard InChI is InChI=1S/C16H23BrN2O2/c1-11(2)14-5-3-4-6-15(14)18-10-12-7-8-13(17)9-16(12)19(20)21/h7-9,11,14-15,18H,3-6,10H2,1-2H3. The summed E-state index contributed by atoms with van der Waals surface area (Å²) in [4.78, 5) is 10.9. The maximum absolute atomic E-state index is 11.2. The Labute approximate surface area is 134 Å². The Hall–Kier alpha value is -0.940. The van der Waals surface area contributed by atoms with E-state index in [1.165, 1.54) is 25.7 Å². The number of hydrogen-bond acceptors (Lipinski definition) is 3. The smallest absolute Gasteiger partial charge is 0.275 e. The molecule has 0 heterocycles. The summed E-state index contributed by atoms with van der Waals surface area (Å²) < 4.78 is 0.746. The highest BCUT2D eigenvalue weighted by molar-refractivity contribution is 9.10. The van der Waals surface area contributed by atoms with E-state index in [2.05, 4.69) is 35.1 Å². The minimum Gasteiger partial charge on any atom is -0.309 e. The Kier molecular flexibility index (Phi) is 5.76. The summed E-state index contributed by atoms with van der Waals surface area (Å²) in [7, 11) is 0. The van der Waals surface area contributed by atoms with Gasteiger partial charge in [0, 0.05) is 28.7 Å². The van der Waals surface area contributed by atoms with Crippen LogP contribution in [-0.4, -0.2) is 11.0 Å². The molecule has 1 aliphatic carbocycles. The third-order valence-corrected chi connectivity index (χ3v) is 4.97. The van der Waals surface area contributed by atoms with Crippen LogP contribution in [0.5, 0.6) is 0 Å². The van der Waals surface area contributed by atoms with Crippen molar-refractivity contribution in [3.8, 4) is 0 Å². The lowest BCUT2D eigenvalue weighted by molar-refractivity contribution is -0.385. The van der Waals surface area contributed by atoms with Crippen LogP contribution in [0, 0.1) is 22.0 Å². The first-order chi connectivity index (χ1) is 9.99. The summed E-state index contributed by atoms with van der Waals surface area (Å²) in [6.45, 7) is 5.11. The average molecular weight is 355 g/mol. The van der Waals surface area contributed by atoms with Crippen molar-refractivity contribution in [3.63, 3.8) is 0 Å². The van der Waals surface area contributed by atoms with Gasteiger partial charge in [0.2, 0.25) is 0 Å². The Morgan fingerprint density at radius 2 is 2.10 bits per heavy atom. The third kappa shape index (κ3) is 4.27. The fourth-order valence-corrected chi connectivity index (χ4v) is 3.66. The summed E-state index contributed by atoms with van der Waals surface area (Å²) in [6, 6.07) is 5.76. The zero-order valence-corrected chi connectivity index (χ0v) is 14.2. The number of hydrogen-bond donors (Lipinski definition) is 1. The van der Waals surface area contributed by atoms with Gasteiger partial charge in [0.15, 0.2) is 0 Å². The summed E-state index contributed by atoms with van der Waals surface area (Å²) in [6.07, 6.45) is 4.99. The minimum absolute atomic E-state index is 0.189. The molecule has 1 aromatic carbocycles. The van der Waals surface area contributed by atoms with Crippen LogP contribution in [0.4, 0.5) is 5.69 Å². The van der Waals surface area contributed by atoms with Crippen molar-refractivity contribution in [3.05, 3.63) is 38.3 Å². The first-order valence-corrected chi connectivity index (χ1v) is 8.44. The summed E-state index contributed by atoms with van der Waals surface area (Å²) in [5.74, 6) is 1.33. The maximum Gasteiger partial charge on any atom is 0.275 e. The first-order valence-electron chi connectivity index (χ1n) is 7.65. The van der Waals surface area contributed by atoms with E-state index in [-0.39, 0.29) is 10.6 Å². The largest absolute Gasteiger partial charge is 0.309 e. The van der Waals surface area contributed by atoms with E-state index < -0.39 is 0 Å². The summed E-state index contributed by atoms with van der Waals surface area (Å²) in [5, 5.41) is 14.7. The van der Waals surface area contributed by atoms with Gasteiger partial charge in [0.1, 0.15) is 0 Å². The van der Waals surface area contributed by atoms with E-state index in [1.807, 2.05) is 12.1 Å². The molecule has 0 aromatic heterocycles. The molecule has 0 amide bonds. The molecular weight excluding hydrogens is 332 g/mol. The van der Waals surface area contributed by atoms with Crippen molar-refractivity contribution in [1.82, 2.24) is 5.32 Å². The number of halogens is 1. The number of nitrogens with zero attached hydrogens (tertiary/aromatic N) is 1. The van der Waals surface area contributed by atoms with Gasteiger partial charge in [-0.15, -0.1) is 0 Å². The number of nitrogens with one attached hydrogen (secondary N) is 1. The predicted molar refractivity (Wildman–Crippen MR) is 88.2 cm³/mol. The van der Waals surface area contributed by atoms with E-state index in [1.54, 1.807) is 6.07 Å². The molecule has 1 aliphatic rings. The third-order valence-electron chi connectivity index (χ3n) is 4.47. The molecule has 5 heteroatoms. The molecular formula is C16H23BrN2O2. The Morgan fingerprint density at radius 1 is 1.38 bits per heavy atom. The lowest BCUT2D eigenvalue weighted by Gasteiger charge is -2.35. The molecule has 0 aliphatic heterocycles. The Morgan fingerprint density at radius 3 is 2.76 bits per heavy atom. The fraction of sp³-hybridized carbons (Fsp3) is 0.625. The SMILES string of the molecule is CC(C)C1CCCCC1NCc1ccc(Br)cc1[N+](=O)[O-]. The van der Waals surface area contributed by atoms with Crippen LogP contribution < -0.4 is 5.32 Å². The molecule has 2 atom stereocenters. The van der Waals surface area contributed by atoms with Crippen LogP contribution >= 0.6 is 15.9 Å². The lowest BCUT2D eigenvalue weighted by Crippen LogP contribution is -2.40. The van der Waals surface area contributed by atoms with Crippen LogP contribution in [0.25, 0.3) is 0 Å². The molecule has 0 bridgehead atoms. The van der Waals surface area contributed by atoms with E-state index >= 15 is 0 Å². The highest BCUT2D eigenvalue weighted by Crippen LogP contribution is 2.31. The van der Waals surface area contributed by atoms with Gasteiger partial charge in [-0.2, -0.15) is 0 Å². The molecule has 0 spiro atoms. The highest BCUT2D eigenvalue weighted by Gasteiger charge is 2.27. The molecule has 21 heavy (non-hydrogen) atoms. The summed E-state index contributed by atoms with van der Waals surface area (Å²) in [5.41, 5.74) is 0.949. The number of nitro benzene ring substituents is 1. The molecule has 1 N–H and O–H groups in total. The topological polar surface area (TPSA) is 55.2 Å². The minimum atomic E-state index is -0.303. The normalized spacial score (nSPS) is 22.5. The van der Waals surface area contributed by atoms with Gasteiger partial charge in [0.05, 0.1) is 4.92 Å². The zero-order valence-electron chi connectivity index (χ0n) is 12.6. The second kappa shape index (κ2) is 7.36. The quantitative estimate of drug-likeness (QED) is 0.617. The van der Waals surface area contributed by atoms with Crippen molar-refractivity contribution < 1.29 is 4.92 Å². The molecule has 1 fully saturated rings. The van der Waals surface area contributed by atoms with Gasteiger partial charge in [-0.1, -0.05) is 42.6 Å². The van der Waals surface area contributed by atoms with Crippen molar-refractivity contribution in [2.75, 3.05) is 0 Å². The molecule has 0 saturated heterocycles. The lowest BCUT2D eigenvalue weighted by atomic mass is 9.78. The second-order valence-corrected chi connectivity index (χ2v) is 7.13. The number of nitro groups is 1. The monoisotopic (exact) mass is 354 g/mol. The van der Waals surface area contributed by atoms with E-state index in [4.69, 9.17) is 0 Å². The summed E-state index contributed by atoms with van der Waals surface area (Å²) >= 11 is 3.30. The Bertz CT molecular complexity index is 505. The second-order valence-electron chi connectivity index (χ2n) is 6.21. The zero-order chi connectivity index (χ0) is 15.4. The molecule has 2 rings (SSSR count). The van der Waals surface area contributed by atoms with Gasteiger partial charge in [-0.25, -0.2) is 0 Å². The molecule has 1 saturated carbocycles. The van der Waals surface area contributed by atoms with Gasteiger partial charge < -0.3 is 5.32 Å². The van der Waals surface area contributed by atoms with Gasteiger partial charge in [0.25, 0.3) is 5.69 Å². The molecule has 1 aromatic rings. The van der Waals surface area contributed by atoms with Crippen LogP contribution in [-0.2, 0) is 6.54 Å². The van der Waals surface area contributed by atoms with Crippen LogP contribution in [0.1, 0.15) is 45.1 Å². The number of benzene rings is 1. The Balaban J connectivity index is 2.06. The van der Waals surface area contributed by atoms with Crippen molar-refractivity contribution in [2.45, 2.75) is 52.1 Å². The van der Waals surface area contributed by atoms with Crippen LogP contribution in [0.3, 0.4) is 0 Å².